The molecule has 6 rings (SSSR count). The van der Waals surface area contributed by atoms with Crippen molar-refractivity contribution in [3.63, 3.8) is 0 Å². The topological polar surface area (TPSA) is 294 Å². The molecular formula is C21H27N10O10P. The van der Waals surface area contributed by atoms with Crippen molar-refractivity contribution >= 4 is 41.6 Å². The summed E-state index contributed by atoms with van der Waals surface area (Å²) in [7, 11) is -4.60. The van der Waals surface area contributed by atoms with E-state index >= 15 is 0 Å². The number of nitrogen functional groups attached to an aromatic ring is 2. The van der Waals surface area contributed by atoms with Gasteiger partial charge in [-0.05, 0) is 0 Å². The number of fused-ring (bicyclic) bond motifs is 2. The summed E-state index contributed by atoms with van der Waals surface area (Å²) < 4.78 is 37.9. The van der Waals surface area contributed by atoms with Crippen LogP contribution in [0.2, 0.25) is 0 Å². The second kappa shape index (κ2) is 11.0. The second-order valence-corrected chi connectivity index (χ2v) is 11.4. The van der Waals surface area contributed by atoms with Crippen molar-refractivity contribution < 1.29 is 48.6 Å². The van der Waals surface area contributed by atoms with Gasteiger partial charge in [-0.2, -0.15) is 0 Å². The average molecular weight is 610 g/mol. The van der Waals surface area contributed by atoms with Crippen LogP contribution in [0.3, 0.4) is 0 Å². The molecule has 0 aliphatic carbocycles. The van der Waals surface area contributed by atoms with E-state index in [9.17, 15) is 29.9 Å². The predicted molar refractivity (Wildman–Crippen MR) is 138 cm³/mol. The highest BCUT2D eigenvalue weighted by atomic mass is 31.2. The number of rotatable bonds is 9. The molecule has 2 saturated heterocycles. The number of nitrogens with zero attached hydrogens (tertiary/aromatic N) is 8. The van der Waals surface area contributed by atoms with E-state index in [0.717, 1.165) is 0 Å². The van der Waals surface area contributed by atoms with Gasteiger partial charge in [0.15, 0.2) is 35.4 Å². The maximum atomic E-state index is 13.0. The zero-order valence-corrected chi connectivity index (χ0v) is 22.4. The van der Waals surface area contributed by atoms with E-state index in [1.807, 2.05) is 0 Å². The highest BCUT2D eigenvalue weighted by Crippen LogP contribution is 2.48. The Kier molecular flexibility index (Phi) is 7.51. The van der Waals surface area contributed by atoms with E-state index < -0.39 is 76.2 Å². The minimum absolute atomic E-state index is 0.0806. The monoisotopic (exact) mass is 610 g/mol. The minimum atomic E-state index is -4.60. The van der Waals surface area contributed by atoms with Crippen LogP contribution in [-0.2, 0) is 23.3 Å². The summed E-state index contributed by atoms with van der Waals surface area (Å²) >= 11 is 0. The summed E-state index contributed by atoms with van der Waals surface area (Å²) in [4.78, 5) is 34.7. The fourth-order valence-corrected chi connectivity index (χ4v) is 5.93. The molecule has 0 radical (unpaired) electrons. The first-order valence-corrected chi connectivity index (χ1v) is 14.3. The van der Waals surface area contributed by atoms with Gasteiger partial charge in [0.25, 0.3) is 0 Å². The Hall–Kier alpha value is -3.43. The maximum Gasteiger partial charge on any atom is 0.354 e. The molecule has 2 aliphatic heterocycles. The number of aromatic nitrogens is 8. The average Bonchev–Trinajstić information content (AvgIpc) is 3.71. The van der Waals surface area contributed by atoms with E-state index in [4.69, 9.17) is 30.2 Å². The first kappa shape index (κ1) is 28.7. The molecule has 21 heteroatoms. The summed E-state index contributed by atoms with van der Waals surface area (Å²) in [5.74, 6) is 0.200. The number of anilines is 2. The van der Waals surface area contributed by atoms with Crippen LogP contribution in [0.1, 0.15) is 12.5 Å². The molecule has 6 heterocycles. The van der Waals surface area contributed by atoms with Crippen LogP contribution < -0.4 is 11.5 Å². The molecule has 0 spiro atoms. The number of aliphatic hydroxyl groups is 4. The number of aliphatic hydroxyl groups excluding tert-OH is 4. The zero-order chi connectivity index (χ0) is 29.8. The molecule has 2 fully saturated rings. The Balaban J connectivity index is 1.12. The third kappa shape index (κ3) is 4.96. The summed E-state index contributed by atoms with van der Waals surface area (Å²) in [6.45, 7) is -1.03. The molecule has 9 atom stereocenters. The lowest BCUT2D eigenvalue weighted by Crippen LogP contribution is -2.35. The molecule has 0 amide bonds. The Morgan fingerprint density at radius 3 is 2.00 bits per heavy atom. The highest BCUT2D eigenvalue weighted by molar-refractivity contribution is 7.52. The van der Waals surface area contributed by atoms with Crippen LogP contribution in [-0.4, -0.2) is 121 Å². The lowest BCUT2D eigenvalue weighted by atomic mass is 10.1. The largest absolute Gasteiger partial charge is 0.394 e. The third-order valence-electron chi connectivity index (χ3n) is 6.98. The fraction of sp³-hybridized carbons (Fsp3) is 0.524. The third-order valence-corrected chi connectivity index (χ3v) is 8.06. The van der Waals surface area contributed by atoms with Crippen molar-refractivity contribution in [2.45, 2.75) is 49.1 Å². The maximum absolute atomic E-state index is 13.0. The van der Waals surface area contributed by atoms with Gasteiger partial charge in [0, 0.05) is 0 Å². The summed E-state index contributed by atoms with van der Waals surface area (Å²) in [5.41, 5.74) is 12.6. The van der Waals surface area contributed by atoms with Crippen LogP contribution in [0.15, 0.2) is 25.3 Å². The van der Waals surface area contributed by atoms with Gasteiger partial charge in [-0.3, -0.25) is 18.2 Å². The molecular weight excluding hydrogens is 583 g/mol. The van der Waals surface area contributed by atoms with Gasteiger partial charge in [-0.25, -0.2) is 29.9 Å². The van der Waals surface area contributed by atoms with Gasteiger partial charge < -0.3 is 51.0 Å². The Labute approximate surface area is 235 Å². The summed E-state index contributed by atoms with van der Waals surface area (Å²) in [5, 5.41) is 41.5. The van der Waals surface area contributed by atoms with E-state index in [0.29, 0.717) is 0 Å². The summed E-state index contributed by atoms with van der Waals surface area (Å²) in [6.07, 6.45) is -6.32. The molecule has 4 aromatic rings. The Bertz CT molecular complexity index is 1640. The zero-order valence-electron chi connectivity index (χ0n) is 21.5. The molecule has 0 aromatic carbocycles. The normalized spacial score (nSPS) is 31.3. The second-order valence-electron chi connectivity index (χ2n) is 9.66. The Morgan fingerprint density at radius 2 is 1.40 bits per heavy atom. The van der Waals surface area contributed by atoms with Crippen LogP contribution in [0, 0.1) is 0 Å². The lowest BCUT2D eigenvalue weighted by Gasteiger charge is -2.24. The molecule has 226 valence electrons. The quantitative estimate of drug-likeness (QED) is 0.0944. The van der Waals surface area contributed by atoms with Crippen molar-refractivity contribution in [1.29, 1.82) is 0 Å². The Morgan fingerprint density at radius 1 is 0.833 bits per heavy atom. The van der Waals surface area contributed by atoms with E-state index in [1.54, 1.807) is 0 Å². The van der Waals surface area contributed by atoms with Crippen molar-refractivity contribution in [2.75, 3.05) is 31.0 Å². The molecule has 0 saturated carbocycles. The first-order valence-electron chi connectivity index (χ1n) is 12.5. The number of hydrogen-bond donors (Lipinski definition) is 7. The SMILES string of the molecule is Nc1ncnc2c1ncn2[C@@H]1O[C@H](COCP(=O)(O)O[C@@H]2[C@H](O)[C@@H](CO)O[C@H]2n2cnc3c(N)ncnc32)[C@@H](O)[C@H]1O. The van der Waals surface area contributed by atoms with Crippen molar-refractivity contribution in [3.8, 4) is 0 Å². The molecule has 9 N–H and O–H groups in total. The minimum Gasteiger partial charge on any atom is -0.394 e. The van der Waals surface area contributed by atoms with Crippen LogP contribution >= 0.6 is 7.60 Å². The van der Waals surface area contributed by atoms with Gasteiger partial charge in [0.05, 0.1) is 25.9 Å². The van der Waals surface area contributed by atoms with Gasteiger partial charge in [-0.1, -0.05) is 0 Å². The van der Waals surface area contributed by atoms with Crippen LogP contribution in [0.4, 0.5) is 11.6 Å². The molecule has 4 aromatic heterocycles. The first-order chi connectivity index (χ1) is 20.1. The van der Waals surface area contributed by atoms with Gasteiger partial charge in [0.1, 0.15) is 66.7 Å². The van der Waals surface area contributed by atoms with Gasteiger partial charge >= 0.3 is 7.60 Å². The lowest BCUT2D eigenvalue weighted by molar-refractivity contribution is -0.0636. The highest BCUT2D eigenvalue weighted by Gasteiger charge is 2.49. The van der Waals surface area contributed by atoms with Crippen molar-refractivity contribution in [3.05, 3.63) is 25.3 Å². The molecule has 1 unspecified atom stereocenters. The van der Waals surface area contributed by atoms with E-state index in [2.05, 4.69) is 29.9 Å². The summed E-state index contributed by atoms with van der Waals surface area (Å²) in [6, 6.07) is 0. The van der Waals surface area contributed by atoms with E-state index in [-0.39, 0.29) is 34.0 Å². The number of hydrogen-bond acceptors (Lipinski definition) is 17. The van der Waals surface area contributed by atoms with Gasteiger partial charge in [0.2, 0.25) is 0 Å². The number of ether oxygens (including phenoxy) is 3. The van der Waals surface area contributed by atoms with Crippen molar-refractivity contribution in [1.82, 2.24) is 39.0 Å². The van der Waals surface area contributed by atoms with Crippen LogP contribution in [0.25, 0.3) is 22.3 Å². The fourth-order valence-electron chi connectivity index (χ4n) is 4.92. The number of nitrogens with two attached hydrogens (primary N) is 2. The van der Waals surface area contributed by atoms with E-state index in [1.165, 1.54) is 34.4 Å². The van der Waals surface area contributed by atoms with Crippen molar-refractivity contribution in [2.24, 2.45) is 0 Å². The molecule has 2 aliphatic rings. The van der Waals surface area contributed by atoms with Crippen LogP contribution in [0.5, 0.6) is 0 Å². The molecule has 0 bridgehead atoms. The predicted octanol–water partition coefficient (Wildman–Crippen LogP) is -2.75. The smallest absolute Gasteiger partial charge is 0.354 e. The van der Waals surface area contributed by atoms with Gasteiger partial charge in [-0.15, -0.1) is 0 Å². The standard InChI is InChI=1S/C21H27N10O10P/c22-16-10-18(26-3-24-16)30(5-28-10)20-14(35)12(33)9(40-20)2-38-7-42(36,37)41-15-13(34)8(1-32)39-21(15)31-6-29-11-17(23)25-4-27-19(11)31/h3-6,8-9,12-15,20-21,32-35H,1-2,7H2,(H,36,37)(H2,22,24,26)(H2,23,25,27)/t8-,9-,12-,13-,14-,15-,20-,21-/m1/s1. The number of imidazole rings is 2. The molecule has 42 heavy (non-hydrogen) atoms. The molecule has 20 nitrogen and oxygen atoms in total.